The van der Waals surface area contributed by atoms with Crippen LogP contribution in [0.15, 0.2) is 18.2 Å². The summed E-state index contributed by atoms with van der Waals surface area (Å²) < 4.78 is 19.3. The zero-order valence-corrected chi connectivity index (χ0v) is 12.6. The number of nitrogens with zero attached hydrogens (tertiary/aromatic N) is 1. The molecule has 1 aliphatic heterocycles. The zero-order chi connectivity index (χ0) is 14.5. The molecule has 1 fully saturated rings. The molecule has 2 rings (SSSR count). The Hall–Kier alpha value is -0.680. The Morgan fingerprint density at radius 2 is 2.35 bits per heavy atom. The number of piperidine rings is 1. The lowest BCUT2D eigenvalue weighted by Gasteiger charge is -2.38. The van der Waals surface area contributed by atoms with Gasteiger partial charge in [-0.1, -0.05) is 11.6 Å². The van der Waals surface area contributed by atoms with E-state index in [-0.39, 0.29) is 11.9 Å². The van der Waals surface area contributed by atoms with Crippen molar-refractivity contribution in [1.29, 1.82) is 0 Å². The van der Waals surface area contributed by atoms with E-state index >= 15 is 0 Å². The van der Waals surface area contributed by atoms with Gasteiger partial charge in [0.05, 0.1) is 6.61 Å². The standard InChI is InChI=1S/C15H22ClFN2O/c1-20-10-11-3-2-6-19(9-11)15(8-18)13-7-12(16)4-5-14(13)17/h4-5,7,11,15H,2-3,6,8-10,18H2,1H3. The van der Waals surface area contributed by atoms with E-state index in [2.05, 4.69) is 4.90 Å². The highest BCUT2D eigenvalue weighted by atomic mass is 35.5. The molecule has 1 aromatic carbocycles. The number of ether oxygens (including phenoxy) is 1. The molecule has 0 aromatic heterocycles. The van der Waals surface area contributed by atoms with Crippen molar-refractivity contribution in [3.63, 3.8) is 0 Å². The van der Waals surface area contributed by atoms with Gasteiger partial charge in [0.1, 0.15) is 5.82 Å². The minimum absolute atomic E-state index is 0.117. The van der Waals surface area contributed by atoms with Crippen molar-refractivity contribution in [3.05, 3.63) is 34.6 Å². The number of likely N-dealkylation sites (tertiary alicyclic amines) is 1. The number of benzene rings is 1. The summed E-state index contributed by atoms with van der Waals surface area (Å²) in [6.45, 7) is 2.96. The molecule has 0 amide bonds. The molecule has 2 unspecified atom stereocenters. The topological polar surface area (TPSA) is 38.5 Å². The Kier molecular flexibility index (Phi) is 5.78. The van der Waals surface area contributed by atoms with E-state index in [9.17, 15) is 4.39 Å². The Morgan fingerprint density at radius 3 is 3.05 bits per heavy atom. The van der Waals surface area contributed by atoms with Crippen LogP contribution in [0.2, 0.25) is 5.02 Å². The maximum Gasteiger partial charge on any atom is 0.128 e. The monoisotopic (exact) mass is 300 g/mol. The number of nitrogens with two attached hydrogens (primary N) is 1. The van der Waals surface area contributed by atoms with Crippen LogP contribution in [0.25, 0.3) is 0 Å². The fraction of sp³-hybridized carbons (Fsp3) is 0.600. The average molecular weight is 301 g/mol. The van der Waals surface area contributed by atoms with Gasteiger partial charge in [-0.3, -0.25) is 4.90 Å². The molecule has 1 heterocycles. The van der Waals surface area contributed by atoms with Crippen molar-refractivity contribution in [2.75, 3.05) is 33.4 Å². The first kappa shape index (κ1) is 15.7. The summed E-state index contributed by atoms with van der Waals surface area (Å²) in [5.41, 5.74) is 6.49. The minimum atomic E-state index is -0.237. The van der Waals surface area contributed by atoms with Gasteiger partial charge in [0.15, 0.2) is 0 Å². The predicted octanol–water partition coefficient (Wildman–Crippen LogP) is 2.84. The summed E-state index contributed by atoms with van der Waals surface area (Å²) in [7, 11) is 1.72. The summed E-state index contributed by atoms with van der Waals surface area (Å²) in [6.07, 6.45) is 2.24. The second-order valence-electron chi connectivity index (χ2n) is 5.38. The average Bonchev–Trinajstić information content (AvgIpc) is 2.44. The maximum absolute atomic E-state index is 14.0. The molecule has 1 saturated heterocycles. The Labute approximate surface area is 124 Å². The van der Waals surface area contributed by atoms with Crippen molar-refractivity contribution in [2.45, 2.75) is 18.9 Å². The molecule has 1 aromatic rings. The van der Waals surface area contributed by atoms with Crippen LogP contribution < -0.4 is 5.73 Å². The van der Waals surface area contributed by atoms with Gasteiger partial charge in [0.2, 0.25) is 0 Å². The van der Waals surface area contributed by atoms with Crippen LogP contribution in [0.1, 0.15) is 24.4 Å². The number of hydrogen-bond donors (Lipinski definition) is 1. The highest BCUT2D eigenvalue weighted by molar-refractivity contribution is 6.30. The van der Waals surface area contributed by atoms with Gasteiger partial charge in [-0.25, -0.2) is 4.39 Å². The second kappa shape index (κ2) is 7.36. The molecular formula is C15H22ClFN2O. The number of halogens is 2. The van der Waals surface area contributed by atoms with Crippen LogP contribution in [0.3, 0.4) is 0 Å². The lowest BCUT2D eigenvalue weighted by molar-refractivity contribution is 0.0688. The van der Waals surface area contributed by atoms with Crippen LogP contribution in [0.5, 0.6) is 0 Å². The van der Waals surface area contributed by atoms with E-state index in [4.69, 9.17) is 22.1 Å². The molecule has 5 heteroatoms. The Morgan fingerprint density at radius 1 is 1.55 bits per heavy atom. The maximum atomic E-state index is 14.0. The third-order valence-electron chi connectivity index (χ3n) is 3.93. The SMILES string of the molecule is COCC1CCCN(C(CN)c2cc(Cl)ccc2F)C1. The van der Waals surface area contributed by atoms with Crippen LogP contribution in [-0.4, -0.2) is 38.3 Å². The smallest absolute Gasteiger partial charge is 0.128 e. The van der Waals surface area contributed by atoms with Crippen molar-refractivity contribution in [3.8, 4) is 0 Å². The van der Waals surface area contributed by atoms with E-state index in [1.54, 1.807) is 19.2 Å². The van der Waals surface area contributed by atoms with Crippen LogP contribution in [0.4, 0.5) is 4.39 Å². The lowest BCUT2D eigenvalue weighted by atomic mass is 9.95. The molecule has 1 aliphatic rings. The summed E-state index contributed by atoms with van der Waals surface area (Å²) in [5.74, 6) is 0.253. The predicted molar refractivity (Wildman–Crippen MR) is 79.4 cm³/mol. The van der Waals surface area contributed by atoms with Gasteiger partial charge in [0.25, 0.3) is 0 Å². The molecule has 2 atom stereocenters. The van der Waals surface area contributed by atoms with Gasteiger partial charge < -0.3 is 10.5 Å². The molecule has 3 nitrogen and oxygen atoms in total. The largest absolute Gasteiger partial charge is 0.384 e. The summed E-state index contributed by atoms with van der Waals surface area (Å²) >= 11 is 5.99. The molecule has 20 heavy (non-hydrogen) atoms. The van der Waals surface area contributed by atoms with Crippen LogP contribution in [-0.2, 0) is 4.74 Å². The summed E-state index contributed by atoms with van der Waals surface area (Å²) in [4.78, 5) is 2.25. The van der Waals surface area contributed by atoms with Gasteiger partial charge >= 0.3 is 0 Å². The first-order valence-corrected chi connectivity index (χ1v) is 7.41. The molecule has 2 N–H and O–H groups in total. The van der Waals surface area contributed by atoms with Crippen LogP contribution >= 0.6 is 11.6 Å². The first-order valence-electron chi connectivity index (χ1n) is 7.03. The van der Waals surface area contributed by atoms with E-state index in [0.29, 0.717) is 23.0 Å². The third kappa shape index (κ3) is 3.70. The van der Waals surface area contributed by atoms with Gasteiger partial charge in [-0.05, 0) is 43.5 Å². The number of rotatable bonds is 5. The minimum Gasteiger partial charge on any atom is -0.384 e. The molecule has 0 spiro atoms. The molecule has 0 bridgehead atoms. The van der Waals surface area contributed by atoms with E-state index in [1.807, 2.05) is 0 Å². The molecule has 112 valence electrons. The fourth-order valence-electron chi connectivity index (χ4n) is 2.99. The van der Waals surface area contributed by atoms with Crippen molar-refractivity contribution < 1.29 is 9.13 Å². The number of methoxy groups -OCH3 is 1. The first-order chi connectivity index (χ1) is 9.65. The quantitative estimate of drug-likeness (QED) is 0.909. The van der Waals surface area contributed by atoms with E-state index < -0.39 is 0 Å². The Bertz CT molecular complexity index is 442. The molecular weight excluding hydrogens is 279 g/mol. The van der Waals surface area contributed by atoms with E-state index in [0.717, 1.165) is 32.5 Å². The highest BCUT2D eigenvalue weighted by Gasteiger charge is 2.27. The summed E-state index contributed by atoms with van der Waals surface area (Å²) in [5, 5.41) is 0.547. The lowest BCUT2D eigenvalue weighted by Crippen LogP contribution is -2.42. The van der Waals surface area contributed by atoms with Gasteiger partial charge in [0, 0.05) is 36.8 Å². The zero-order valence-electron chi connectivity index (χ0n) is 11.8. The van der Waals surface area contributed by atoms with E-state index in [1.165, 1.54) is 6.07 Å². The van der Waals surface area contributed by atoms with Crippen molar-refractivity contribution >= 4 is 11.6 Å². The Balaban J connectivity index is 2.16. The third-order valence-corrected chi connectivity index (χ3v) is 4.17. The highest BCUT2D eigenvalue weighted by Crippen LogP contribution is 2.29. The normalized spacial score (nSPS) is 21.9. The second-order valence-corrected chi connectivity index (χ2v) is 5.81. The van der Waals surface area contributed by atoms with Gasteiger partial charge in [-0.15, -0.1) is 0 Å². The molecule has 0 saturated carbocycles. The fourth-order valence-corrected chi connectivity index (χ4v) is 3.18. The molecule has 0 aliphatic carbocycles. The van der Waals surface area contributed by atoms with Gasteiger partial charge in [-0.2, -0.15) is 0 Å². The number of hydrogen-bond acceptors (Lipinski definition) is 3. The van der Waals surface area contributed by atoms with Crippen molar-refractivity contribution in [2.24, 2.45) is 11.7 Å². The molecule has 0 radical (unpaired) electrons. The summed E-state index contributed by atoms with van der Waals surface area (Å²) in [6, 6.07) is 4.55. The van der Waals surface area contributed by atoms with Crippen molar-refractivity contribution in [1.82, 2.24) is 4.90 Å². The van der Waals surface area contributed by atoms with Crippen LogP contribution in [0, 0.1) is 11.7 Å².